The highest BCUT2D eigenvalue weighted by Crippen LogP contribution is 2.02. The van der Waals surface area contributed by atoms with Gasteiger partial charge in [0.25, 0.3) is 0 Å². The highest BCUT2D eigenvalue weighted by molar-refractivity contribution is 5.83. The van der Waals surface area contributed by atoms with Gasteiger partial charge in [-0.15, -0.1) is 0 Å². The van der Waals surface area contributed by atoms with Crippen molar-refractivity contribution in [3.63, 3.8) is 0 Å². The van der Waals surface area contributed by atoms with Crippen LogP contribution in [0, 0.1) is 0 Å². The number of carboxylic acid groups (broad SMARTS) is 1. The third-order valence-electron chi connectivity index (χ3n) is 2.30. The van der Waals surface area contributed by atoms with E-state index in [1.807, 2.05) is 0 Å². The quantitative estimate of drug-likeness (QED) is 0.608. The number of unbranched alkanes of at least 4 members (excludes halogenated alkanes) is 3. The summed E-state index contributed by atoms with van der Waals surface area (Å²) in [6.45, 7) is 3.85. The number of aliphatic carboxylic acids is 1. The van der Waals surface area contributed by atoms with Crippen molar-refractivity contribution >= 4 is 11.9 Å². The molecule has 0 aromatic carbocycles. The molecule has 0 saturated heterocycles. The van der Waals surface area contributed by atoms with Crippen LogP contribution in [0.15, 0.2) is 0 Å². The molecule has 4 nitrogen and oxygen atoms in total. The minimum atomic E-state index is -0.959. The van der Waals surface area contributed by atoms with Crippen molar-refractivity contribution in [2.75, 3.05) is 0 Å². The van der Waals surface area contributed by atoms with Crippen molar-refractivity contribution in [1.29, 1.82) is 0 Å². The standard InChI is InChI=1S/C11H21NO3/c1-3-5-6-7-8-10(13)12-9(4-2)11(14)15/h9H,3-8H2,1-2H3,(H,12,13)(H,14,15)/t9-/m1/s1. The normalized spacial score (nSPS) is 12.1. The van der Waals surface area contributed by atoms with Gasteiger partial charge in [0.05, 0.1) is 0 Å². The number of amides is 1. The van der Waals surface area contributed by atoms with Crippen LogP contribution in [0.5, 0.6) is 0 Å². The van der Waals surface area contributed by atoms with Crippen molar-refractivity contribution in [3.8, 4) is 0 Å². The Morgan fingerprint density at radius 3 is 2.33 bits per heavy atom. The van der Waals surface area contributed by atoms with Gasteiger partial charge in [-0.3, -0.25) is 4.79 Å². The van der Waals surface area contributed by atoms with Crippen LogP contribution in [-0.2, 0) is 9.59 Å². The fourth-order valence-corrected chi connectivity index (χ4v) is 1.32. The molecule has 0 saturated carbocycles. The Hall–Kier alpha value is -1.06. The molecule has 15 heavy (non-hydrogen) atoms. The van der Waals surface area contributed by atoms with Gasteiger partial charge in [-0.05, 0) is 12.8 Å². The highest BCUT2D eigenvalue weighted by atomic mass is 16.4. The van der Waals surface area contributed by atoms with Crippen LogP contribution in [0.25, 0.3) is 0 Å². The predicted molar refractivity (Wildman–Crippen MR) is 58.6 cm³/mol. The van der Waals surface area contributed by atoms with Crippen molar-refractivity contribution in [2.45, 2.75) is 58.4 Å². The summed E-state index contributed by atoms with van der Waals surface area (Å²) >= 11 is 0. The van der Waals surface area contributed by atoms with Crippen LogP contribution < -0.4 is 5.32 Å². The lowest BCUT2D eigenvalue weighted by molar-refractivity contribution is -0.141. The van der Waals surface area contributed by atoms with Crippen LogP contribution in [0.4, 0.5) is 0 Å². The van der Waals surface area contributed by atoms with Gasteiger partial charge >= 0.3 is 5.97 Å². The van der Waals surface area contributed by atoms with E-state index < -0.39 is 12.0 Å². The molecule has 0 aliphatic heterocycles. The third kappa shape index (κ3) is 6.94. The van der Waals surface area contributed by atoms with Crippen LogP contribution in [0.3, 0.4) is 0 Å². The number of hydrogen-bond acceptors (Lipinski definition) is 2. The monoisotopic (exact) mass is 215 g/mol. The first-order valence-electron chi connectivity index (χ1n) is 5.64. The Morgan fingerprint density at radius 1 is 1.20 bits per heavy atom. The van der Waals surface area contributed by atoms with E-state index in [1.165, 1.54) is 0 Å². The van der Waals surface area contributed by atoms with Gasteiger partial charge in [-0.1, -0.05) is 33.1 Å². The topological polar surface area (TPSA) is 66.4 Å². The molecule has 1 atom stereocenters. The second-order valence-corrected chi connectivity index (χ2v) is 3.68. The van der Waals surface area contributed by atoms with Crippen LogP contribution in [0.1, 0.15) is 52.4 Å². The molecule has 0 bridgehead atoms. The van der Waals surface area contributed by atoms with E-state index in [0.29, 0.717) is 12.8 Å². The van der Waals surface area contributed by atoms with Gasteiger partial charge < -0.3 is 10.4 Å². The first-order chi connectivity index (χ1) is 7.11. The number of carbonyl (C=O) groups is 2. The van der Waals surface area contributed by atoms with Crippen LogP contribution in [0.2, 0.25) is 0 Å². The average Bonchev–Trinajstić information content (AvgIpc) is 2.20. The second kappa shape index (κ2) is 8.26. The van der Waals surface area contributed by atoms with Gasteiger partial charge in [0, 0.05) is 6.42 Å². The molecule has 0 spiro atoms. The van der Waals surface area contributed by atoms with E-state index in [-0.39, 0.29) is 5.91 Å². The molecular weight excluding hydrogens is 194 g/mol. The number of nitrogens with one attached hydrogen (secondary N) is 1. The Labute approximate surface area is 91.1 Å². The molecule has 0 radical (unpaired) electrons. The maximum Gasteiger partial charge on any atom is 0.326 e. The summed E-state index contributed by atoms with van der Waals surface area (Å²) < 4.78 is 0. The first-order valence-corrected chi connectivity index (χ1v) is 5.64. The van der Waals surface area contributed by atoms with E-state index in [0.717, 1.165) is 25.7 Å². The average molecular weight is 215 g/mol. The zero-order valence-electron chi connectivity index (χ0n) is 9.58. The lowest BCUT2D eigenvalue weighted by Crippen LogP contribution is -2.40. The number of rotatable bonds is 8. The van der Waals surface area contributed by atoms with Gasteiger partial charge in [0.1, 0.15) is 6.04 Å². The molecule has 0 unspecified atom stereocenters. The molecule has 0 fully saturated rings. The van der Waals surface area contributed by atoms with Gasteiger partial charge in [-0.2, -0.15) is 0 Å². The van der Waals surface area contributed by atoms with E-state index in [2.05, 4.69) is 12.2 Å². The molecule has 88 valence electrons. The molecule has 2 N–H and O–H groups in total. The van der Waals surface area contributed by atoms with E-state index >= 15 is 0 Å². The summed E-state index contributed by atoms with van der Waals surface area (Å²) in [7, 11) is 0. The number of carbonyl (C=O) groups excluding carboxylic acids is 1. The Kier molecular flexibility index (Phi) is 7.68. The number of carboxylic acids is 1. The Balaban J connectivity index is 3.67. The summed E-state index contributed by atoms with van der Waals surface area (Å²) in [5.74, 6) is -1.11. The van der Waals surface area contributed by atoms with Crippen LogP contribution in [-0.4, -0.2) is 23.0 Å². The summed E-state index contributed by atoms with van der Waals surface area (Å²) in [6, 6.07) is -0.733. The van der Waals surface area contributed by atoms with Gasteiger partial charge in [0.15, 0.2) is 0 Å². The smallest absolute Gasteiger partial charge is 0.326 e. The van der Waals surface area contributed by atoms with E-state index in [9.17, 15) is 9.59 Å². The molecule has 4 heteroatoms. The van der Waals surface area contributed by atoms with Gasteiger partial charge in [0.2, 0.25) is 5.91 Å². The van der Waals surface area contributed by atoms with Gasteiger partial charge in [-0.25, -0.2) is 4.79 Å². The van der Waals surface area contributed by atoms with Crippen molar-refractivity contribution in [3.05, 3.63) is 0 Å². The fourth-order valence-electron chi connectivity index (χ4n) is 1.32. The van der Waals surface area contributed by atoms with Crippen LogP contribution >= 0.6 is 0 Å². The molecule has 0 rings (SSSR count). The van der Waals surface area contributed by atoms with E-state index in [1.54, 1.807) is 6.92 Å². The summed E-state index contributed by atoms with van der Waals surface area (Å²) in [5.41, 5.74) is 0. The van der Waals surface area contributed by atoms with Crippen molar-refractivity contribution < 1.29 is 14.7 Å². The lowest BCUT2D eigenvalue weighted by Gasteiger charge is -2.11. The Morgan fingerprint density at radius 2 is 1.87 bits per heavy atom. The predicted octanol–water partition coefficient (Wildman–Crippen LogP) is 1.94. The lowest BCUT2D eigenvalue weighted by atomic mass is 10.1. The summed E-state index contributed by atoms with van der Waals surface area (Å²) in [5, 5.41) is 11.2. The molecule has 0 aliphatic rings. The molecule has 0 aromatic rings. The molecule has 1 amide bonds. The minimum absolute atomic E-state index is 0.152. The van der Waals surface area contributed by atoms with E-state index in [4.69, 9.17) is 5.11 Å². The Bertz CT molecular complexity index is 204. The van der Waals surface area contributed by atoms with Crippen molar-refractivity contribution in [1.82, 2.24) is 5.32 Å². The largest absolute Gasteiger partial charge is 0.480 e. The van der Waals surface area contributed by atoms with Crippen molar-refractivity contribution in [2.24, 2.45) is 0 Å². The molecule has 0 aliphatic carbocycles. The zero-order chi connectivity index (χ0) is 11.7. The zero-order valence-corrected chi connectivity index (χ0v) is 9.58. The first kappa shape index (κ1) is 13.9. The minimum Gasteiger partial charge on any atom is -0.480 e. The third-order valence-corrected chi connectivity index (χ3v) is 2.30. The molecular formula is C11H21NO3. The summed E-state index contributed by atoms with van der Waals surface area (Å²) in [4.78, 5) is 21.9. The molecule has 0 aromatic heterocycles. The highest BCUT2D eigenvalue weighted by Gasteiger charge is 2.16. The molecule has 0 heterocycles. The summed E-state index contributed by atoms with van der Waals surface area (Å²) in [6.07, 6.45) is 5.00. The fraction of sp³-hybridized carbons (Fsp3) is 0.818. The maximum atomic E-state index is 11.3. The second-order valence-electron chi connectivity index (χ2n) is 3.68. The SMILES string of the molecule is CCCCCCC(=O)N[C@H](CC)C(=O)O. The number of hydrogen-bond donors (Lipinski definition) is 2. The maximum absolute atomic E-state index is 11.3.